The summed E-state index contributed by atoms with van der Waals surface area (Å²) in [7, 11) is 1.60. The third-order valence-electron chi connectivity index (χ3n) is 4.18. The number of ether oxygens (including phenoxy) is 1. The fourth-order valence-electron chi connectivity index (χ4n) is 3.14. The van der Waals surface area contributed by atoms with E-state index in [0.717, 1.165) is 31.6 Å². The molecule has 2 atom stereocenters. The summed E-state index contributed by atoms with van der Waals surface area (Å²) in [5.41, 5.74) is 1.00. The van der Waals surface area contributed by atoms with Gasteiger partial charge in [-0.25, -0.2) is 4.39 Å². The fraction of sp³-hybridized carbons (Fsp3) is 0.647. The zero-order chi connectivity index (χ0) is 15.4. The molecule has 118 valence electrons. The van der Waals surface area contributed by atoms with Gasteiger partial charge in [0.15, 0.2) is 0 Å². The number of anilines is 1. The van der Waals surface area contributed by atoms with E-state index in [0.29, 0.717) is 23.8 Å². The molecule has 1 N–H and O–H groups in total. The predicted octanol–water partition coefficient (Wildman–Crippen LogP) is 3.44. The summed E-state index contributed by atoms with van der Waals surface area (Å²) in [6.45, 7) is 8.60. The highest BCUT2D eigenvalue weighted by molar-refractivity contribution is 5.60. The van der Waals surface area contributed by atoms with Crippen molar-refractivity contribution in [1.82, 2.24) is 5.32 Å². The minimum Gasteiger partial charge on any atom is -0.494 e. The molecule has 1 fully saturated rings. The second-order valence-electron chi connectivity index (χ2n) is 6.27. The molecule has 0 radical (unpaired) electrons. The maximum atomic E-state index is 13.4. The van der Waals surface area contributed by atoms with Gasteiger partial charge in [0.1, 0.15) is 11.6 Å². The minimum atomic E-state index is -0.252. The fourth-order valence-corrected chi connectivity index (χ4v) is 3.14. The Morgan fingerprint density at radius 3 is 2.81 bits per heavy atom. The first kappa shape index (κ1) is 16.1. The Morgan fingerprint density at radius 1 is 1.43 bits per heavy atom. The van der Waals surface area contributed by atoms with E-state index < -0.39 is 0 Å². The van der Waals surface area contributed by atoms with E-state index in [4.69, 9.17) is 4.74 Å². The van der Waals surface area contributed by atoms with Crippen LogP contribution in [0.1, 0.15) is 33.6 Å². The molecule has 0 spiro atoms. The number of halogens is 1. The molecule has 21 heavy (non-hydrogen) atoms. The van der Waals surface area contributed by atoms with Gasteiger partial charge < -0.3 is 15.0 Å². The summed E-state index contributed by atoms with van der Waals surface area (Å²) >= 11 is 0. The first-order chi connectivity index (χ1) is 10.0. The number of methoxy groups -OCH3 is 1. The second-order valence-corrected chi connectivity index (χ2v) is 6.27. The molecule has 1 aliphatic heterocycles. The summed E-state index contributed by atoms with van der Waals surface area (Å²) in [5.74, 6) is 1.04. The van der Waals surface area contributed by atoms with Gasteiger partial charge in [-0.15, -0.1) is 0 Å². The molecule has 0 bridgehead atoms. The lowest BCUT2D eigenvalue weighted by Crippen LogP contribution is -2.56. The van der Waals surface area contributed by atoms with Crippen molar-refractivity contribution in [1.29, 1.82) is 0 Å². The molecule has 1 heterocycles. The van der Waals surface area contributed by atoms with Crippen molar-refractivity contribution in [3.63, 3.8) is 0 Å². The smallest absolute Gasteiger partial charge is 0.145 e. The average Bonchev–Trinajstić information content (AvgIpc) is 2.46. The van der Waals surface area contributed by atoms with E-state index in [9.17, 15) is 4.39 Å². The van der Waals surface area contributed by atoms with Crippen LogP contribution in [0.5, 0.6) is 5.75 Å². The Labute approximate surface area is 127 Å². The summed E-state index contributed by atoms with van der Waals surface area (Å²) in [6.07, 6.45) is 2.21. The molecule has 2 rings (SSSR count). The SMILES string of the molecule is CCC1CNC(CC(C)C)CN1c1ccc(F)cc1OC. The molecule has 4 heteroatoms. The van der Waals surface area contributed by atoms with Crippen LogP contribution in [0.15, 0.2) is 18.2 Å². The van der Waals surface area contributed by atoms with Gasteiger partial charge in [0.05, 0.1) is 12.8 Å². The highest BCUT2D eigenvalue weighted by Crippen LogP contribution is 2.32. The standard InChI is InChI=1S/C17H27FN2O/c1-5-15-10-19-14(8-12(2)3)11-20(15)16-7-6-13(18)9-17(16)21-4/h6-7,9,12,14-15,19H,5,8,10-11H2,1-4H3. The third-order valence-corrected chi connectivity index (χ3v) is 4.18. The van der Waals surface area contributed by atoms with Crippen LogP contribution in [0, 0.1) is 11.7 Å². The van der Waals surface area contributed by atoms with Crippen molar-refractivity contribution >= 4 is 5.69 Å². The molecule has 0 aliphatic carbocycles. The molecule has 3 nitrogen and oxygen atoms in total. The zero-order valence-corrected chi connectivity index (χ0v) is 13.5. The molecular weight excluding hydrogens is 267 g/mol. The number of hydrogen-bond donors (Lipinski definition) is 1. The molecule has 0 aromatic heterocycles. The first-order valence-electron chi connectivity index (χ1n) is 7.88. The van der Waals surface area contributed by atoms with Crippen molar-refractivity contribution < 1.29 is 9.13 Å². The third kappa shape index (κ3) is 3.88. The minimum absolute atomic E-state index is 0.252. The topological polar surface area (TPSA) is 24.5 Å². The number of rotatable bonds is 5. The Morgan fingerprint density at radius 2 is 2.19 bits per heavy atom. The van der Waals surface area contributed by atoms with Gasteiger partial charge in [0.25, 0.3) is 0 Å². The quantitative estimate of drug-likeness (QED) is 0.900. The van der Waals surface area contributed by atoms with Gasteiger partial charge in [-0.1, -0.05) is 20.8 Å². The number of nitrogens with one attached hydrogen (secondary N) is 1. The lowest BCUT2D eigenvalue weighted by molar-refractivity contribution is 0.338. The van der Waals surface area contributed by atoms with Crippen molar-refractivity contribution in [2.24, 2.45) is 5.92 Å². The van der Waals surface area contributed by atoms with Gasteiger partial charge >= 0.3 is 0 Å². The number of nitrogens with zero attached hydrogens (tertiary/aromatic N) is 1. The van der Waals surface area contributed by atoms with Crippen molar-refractivity contribution in [2.75, 3.05) is 25.1 Å². The highest BCUT2D eigenvalue weighted by Gasteiger charge is 2.29. The number of benzene rings is 1. The van der Waals surface area contributed by atoms with Crippen LogP contribution >= 0.6 is 0 Å². The summed E-state index contributed by atoms with van der Waals surface area (Å²) < 4.78 is 18.8. The Hall–Kier alpha value is -1.29. The van der Waals surface area contributed by atoms with Crippen LogP contribution in [0.25, 0.3) is 0 Å². The average molecular weight is 294 g/mol. The Balaban J connectivity index is 2.24. The van der Waals surface area contributed by atoms with E-state index in [-0.39, 0.29) is 5.82 Å². The van der Waals surface area contributed by atoms with Crippen LogP contribution < -0.4 is 15.0 Å². The molecule has 2 unspecified atom stereocenters. The van der Waals surface area contributed by atoms with Crippen molar-refractivity contribution in [3.05, 3.63) is 24.0 Å². The van der Waals surface area contributed by atoms with E-state index in [1.165, 1.54) is 12.1 Å². The van der Waals surface area contributed by atoms with E-state index in [2.05, 4.69) is 31.0 Å². The highest BCUT2D eigenvalue weighted by atomic mass is 19.1. The second kappa shape index (κ2) is 7.12. The summed E-state index contributed by atoms with van der Waals surface area (Å²) in [4.78, 5) is 2.38. The van der Waals surface area contributed by atoms with Crippen molar-refractivity contribution in [3.8, 4) is 5.75 Å². The monoisotopic (exact) mass is 294 g/mol. The summed E-state index contributed by atoms with van der Waals surface area (Å²) in [5, 5.41) is 3.64. The number of piperazine rings is 1. The summed E-state index contributed by atoms with van der Waals surface area (Å²) in [6, 6.07) is 5.73. The Kier molecular flexibility index (Phi) is 5.45. The molecule has 1 saturated heterocycles. The van der Waals surface area contributed by atoms with E-state index in [1.807, 2.05) is 6.07 Å². The van der Waals surface area contributed by atoms with E-state index >= 15 is 0 Å². The Bertz CT molecular complexity index is 464. The van der Waals surface area contributed by atoms with Crippen LogP contribution in [0.4, 0.5) is 10.1 Å². The molecule has 0 amide bonds. The molecule has 1 aromatic carbocycles. The van der Waals surface area contributed by atoms with Gasteiger partial charge in [0.2, 0.25) is 0 Å². The van der Waals surface area contributed by atoms with E-state index in [1.54, 1.807) is 7.11 Å². The molecule has 1 aromatic rings. The first-order valence-corrected chi connectivity index (χ1v) is 7.88. The van der Waals surface area contributed by atoms with Crippen LogP contribution in [0.2, 0.25) is 0 Å². The predicted molar refractivity (Wildman–Crippen MR) is 85.6 cm³/mol. The van der Waals surface area contributed by atoms with Crippen LogP contribution in [-0.2, 0) is 0 Å². The molecule has 1 aliphatic rings. The van der Waals surface area contributed by atoms with Crippen LogP contribution in [0.3, 0.4) is 0 Å². The largest absolute Gasteiger partial charge is 0.494 e. The van der Waals surface area contributed by atoms with Gasteiger partial charge in [0, 0.05) is 31.2 Å². The van der Waals surface area contributed by atoms with Gasteiger partial charge in [-0.3, -0.25) is 0 Å². The lowest BCUT2D eigenvalue weighted by atomic mass is 9.98. The van der Waals surface area contributed by atoms with Crippen molar-refractivity contribution in [2.45, 2.75) is 45.7 Å². The normalized spacial score (nSPS) is 22.7. The zero-order valence-electron chi connectivity index (χ0n) is 13.5. The number of hydrogen-bond acceptors (Lipinski definition) is 3. The molecule has 0 saturated carbocycles. The van der Waals surface area contributed by atoms with Crippen LogP contribution in [-0.4, -0.2) is 32.3 Å². The molecular formula is C17H27FN2O. The maximum absolute atomic E-state index is 13.4. The van der Waals surface area contributed by atoms with Gasteiger partial charge in [-0.05, 0) is 30.9 Å². The maximum Gasteiger partial charge on any atom is 0.145 e. The van der Waals surface area contributed by atoms with Gasteiger partial charge in [-0.2, -0.15) is 0 Å². The lowest BCUT2D eigenvalue weighted by Gasteiger charge is -2.42.